The van der Waals surface area contributed by atoms with E-state index < -0.39 is 5.60 Å². The molecule has 1 amide bonds. The lowest BCUT2D eigenvalue weighted by Gasteiger charge is -2.40. The van der Waals surface area contributed by atoms with Crippen molar-refractivity contribution in [2.75, 3.05) is 14.2 Å². The van der Waals surface area contributed by atoms with E-state index in [1.165, 1.54) is 7.11 Å². The highest BCUT2D eigenvalue weighted by Gasteiger charge is 2.38. The Morgan fingerprint density at radius 1 is 1.19 bits per heavy atom. The molecular weight excluding hydrogens is 354 g/mol. The molecule has 0 aromatic heterocycles. The molecule has 1 aliphatic rings. The van der Waals surface area contributed by atoms with E-state index in [0.717, 1.165) is 17.1 Å². The number of halogens is 1. The van der Waals surface area contributed by atoms with Crippen molar-refractivity contribution in [1.82, 2.24) is 5.32 Å². The summed E-state index contributed by atoms with van der Waals surface area (Å²) in [6.07, 6.45) is 0.654. The van der Waals surface area contributed by atoms with E-state index >= 15 is 0 Å². The van der Waals surface area contributed by atoms with Crippen molar-refractivity contribution in [2.45, 2.75) is 31.9 Å². The van der Waals surface area contributed by atoms with E-state index in [0.29, 0.717) is 22.8 Å². The van der Waals surface area contributed by atoms with Gasteiger partial charge in [-0.1, -0.05) is 17.7 Å². The summed E-state index contributed by atoms with van der Waals surface area (Å²) in [5, 5.41) is 3.54. The minimum absolute atomic E-state index is 0.209. The average molecular weight is 376 g/mol. The molecule has 2 aromatic carbocycles. The summed E-state index contributed by atoms with van der Waals surface area (Å²) in [6.45, 7) is 3.91. The van der Waals surface area contributed by atoms with Crippen LogP contribution in [0.1, 0.15) is 29.8 Å². The Morgan fingerprint density at radius 2 is 1.96 bits per heavy atom. The Morgan fingerprint density at radius 3 is 2.65 bits per heavy atom. The van der Waals surface area contributed by atoms with Crippen LogP contribution >= 0.6 is 11.6 Å². The number of hydrogen-bond donors (Lipinski definition) is 1. The first-order chi connectivity index (χ1) is 12.3. The third kappa shape index (κ3) is 3.58. The molecule has 6 heteroatoms. The second-order valence-electron chi connectivity index (χ2n) is 6.75. The van der Waals surface area contributed by atoms with Gasteiger partial charge < -0.3 is 19.5 Å². The van der Waals surface area contributed by atoms with Crippen molar-refractivity contribution >= 4 is 17.5 Å². The minimum atomic E-state index is -0.583. The molecule has 3 rings (SSSR count). The number of rotatable bonds is 4. The molecule has 2 aromatic rings. The predicted octanol–water partition coefficient (Wildman–Crippen LogP) is 3.87. The molecule has 0 bridgehead atoms. The predicted molar refractivity (Wildman–Crippen MR) is 101 cm³/mol. The third-order valence-corrected chi connectivity index (χ3v) is 4.86. The average Bonchev–Trinajstić information content (AvgIpc) is 2.61. The summed E-state index contributed by atoms with van der Waals surface area (Å²) in [7, 11) is 3.15. The molecule has 1 atom stereocenters. The molecule has 5 nitrogen and oxygen atoms in total. The summed E-state index contributed by atoms with van der Waals surface area (Å²) in [6, 6.07) is 10.5. The lowest BCUT2D eigenvalue weighted by molar-refractivity contribution is 0.0436. The van der Waals surface area contributed by atoms with E-state index in [-0.39, 0.29) is 11.9 Å². The maximum atomic E-state index is 12.8. The van der Waals surface area contributed by atoms with Crippen LogP contribution in [-0.4, -0.2) is 31.8 Å². The van der Waals surface area contributed by atoms with Crippen molar-refractivity contribution in [3.05, 3.63) is 52.5 Å². The van der Waals surface area contributed by atoms with Crippen molar-refractivity contribution in [1.29, 1.82) is 0 Å². The molecule has 0 saturated carbocycles. The molecule has 26 heavy (non-hydrogen) atoms. The van der Waals surface area contributed by atoms with Crippen LogP contribution < -0.4 is 19.5 Å². The van der Waals surface area contributed by atoms with E-state index in [9.17, 15) is 4.79 Å². The standard InChI is InChI=1S/C20H22ClNO4/c1-20(2)18(9-12-5-7-14(24-3)11-17(12)26-20)22-19(23)15-10-13(21)6-8-16(15)25-4/h5-8,10-11,18H,9H2,1-4H3,(H,22,23). The smallest absolute Gasteiger partial charge is 0.255 e. The first-order valence-electron chi connectivity index (χ1n) is 8.34. The summed E-state index contributed by atoms with van der Waals surface area (Å²) < 4.78 is 16.7. The molecule has 0 saturated heterocycles. The number of ether oxygens (including phenoxy) is 3. The van der Waals surface area contributed by atoms with Gasteiger partial charge in [-0.2, -0.15) is 0 Å². The zero-order valence-electron chi connectivity index (χ0n) is 15.3. The van der Waals surface area contributed by atoms with Gasteiger partial charge in [0.2, 0.25) is 0 Å². The number of carbonyl (C=O) groups excluding carboxylic acids is 1. The fourth-order valence-corrected chi connectivity index (χ4v) is 3.24. The molecule has 1 heterocycles. The molecule has 0 fully saturated rings. The SMILES string of the molecule is COc1ccc2c(c1)OC(C)(C)C(NC(=O)c1cc(Cl)ccc1OC)C2. The Hall–Kier alpha value is -2.40. The Kier molecular flexibility index (Phi) is 5.01. The number of methoxy groups -OCH3 is 2. The van der Waals surface area contributed by atoms with E-state index in [4.69, 9.17) is 25.8 Å². The summed E-state index contributed by atoms with van der Waals surface area (Å²) in [4.78, 5) is 12.8. The van der Waals surface area contributed by atoms with Gasteiger partial charge in [0.1, 0.15) is 22.8 Å². The van der Waals surface area contributed by atoms with Gasteiger partial charge in [-0.3, -0.25) is 4.79 Å². The van der Waals surface area contributed by atoms with Gasteiger partial charge in [-0.05, 0) is 43.7 Å². The van der Waals surface area contributed by atoms with E-state index in [1.807, 2.05) is 32.0 Å². The molecular formula is C20H22ClNO4. The summed E-state index contributed by atoms with van der Waals surface area (Å²) in [5.41, 5.74) is 0.839. The maximum absolute atomic E-state index is 12.8. The molecule has 1 N–H and O–H groups in total. The maximum Gasteiger partial charge on any atom is 0.255 e. The van der Waals surface area contributed by atoms with Crippen LogP contribution in [0.4, 0.5) is 0 Å². The fourth-order valence-electron chi connectivity index (χ4n) is 3.06. The van der Waals surface area contributed by atoms with Crippen molar-refractivity contribution < 1.29 is 19.0 Å². The van der Waals surface area contributed by atoms with Gasteiger partial charge in [-0.15, -0.1) is 0 Å². The fraction of sp³-hybridized carbons (Fsp3) is 0.350. The highest BCUT2D eigenvalue weighted by Crippen LogP contribution is 2.36. The molecule has 138 valence electrons. The van der Waals surface area contributed by atoms with Crippen LogP contribution in [0.25, 0.3) is 0 Å². The van der Waals surface area contributed by atoms with Crippen LogP contribution in [-0.2, 0) is 6.42 Å². The van der Waals surface area contributed by atoms with Crippen molar-refractivity contribution in [3.8, 4) is 17.2 Å². The molecule has 0 radical (unpaired) electrons. The van der Waals surface area contributed by atoms with Gasteiger partial charge in [-0.25, -0.2) is 0 Å². The topological polar surface area (TPSA) is 56.8 Å². The van der Waals surface area contributed by atoms with Crippen LogP contribution in [0.15, 0.2) is 36.4 Å². The Balaban J connectivity index is 1.85. The number of benzene rings is 2. The second kappa shape index (κ2) is 7.08. The van der Waals surface area contributed by atoms with Crippen LogP contribution in [0.5, 0.6) is 17.2 Å². The largest absolute Gasteiger partial charge is 0.497 e. The highest BCUT2D eigenvalue weighted by molar-refractivity contribution is 6.31. The normalized spacial score (nSPS) is 17.7. The van der Waals surface area contributed by atoms with Gasteiger partial charge in [0.25, 0.3) is 5.91 Å². The highest BCUT2D eigenvalue weighted by atomic mass is 35.5. The Labute approximate surface area is 158 Å². The van der Waals surface area contributed by atoms with Crippen LogP contribution in [0.2, 0.25) is 5.02 Å². The minimum Gasteiger partial charge on any atom is -0.497 e. The summed E-state index contributed by atoms with van der Waals surface area (Å²) >= 11 is 6.04. The van der Waals surface area contributed by atoms with Crippen molar-refractivity contribution in [3.63, 3.8) is 0 Å². The lowest BCUT2D eigenvalue weighted by atomic mass is 9.88. The molecule has 1 unspecified atom stereocenters. The van der Waals surface area contributed by atoms with Crippen LogP contribution in [0.3, 0.4) is 0 Å². The first kappa shape index (κ1) is 18.4. The molecule has 0 spiro atoms. The number of amides is 1. The van der Waals surface area contributed by atoms with E-state index in [2.05, 4.69) is 5.32 Å². The zero-order valence-corrected chi connectivity index (χ0v) is 16.0. The van der Waals surface area contributed by atoms with Gasteiger partial charge >= 0.3 is 0 Å². The molecule has 1 aliphatic heterocycles. The second-order valence-corrected chi connectivity index (χ2v) is 7.19. The first-order valence-corrected chi connectivity index (χ1v) is 8.72. The van der Waals surface area contributed by atoms with Gasteiger partial charge in [0, 0.05) is 17.5 Å². The van der Waals surface area contributed by atoms with E-state index in [1.54, 1.807) is 25.3 Å². The summed E-state index contributed by atoms with van der Waals surface area (Å²) in [5.74, 6) is 1.75. The quantitative estimate of drug-likeness (QED) is 0.881. The molecule has 0 aliphatic carbocycles. The number of fused-ring (bicyclic) bond motifs is 1. The zero-order chi connectivity index (χ0) is 18.9. The van der Waals surface area contributed by atoms with Crippen molar-refractivity contribution in [2.24, 2.45) is 0 Å². The Bertz CT molecular complexity index is 835. The number of carbonyl (C=O) groups is 1. The van der Waals surface area contributed by atoms with Crippen LogP contribution in [0, 0.1) is 0 Å². The monoisotopic (exact) mass is 375 g/mol. The number of nitrogens with one attached hydrogen (secondary N) is 1. The van der Waals surface area contributed by atoms with Gasteiger partial charge in [0.05, 0.1) is 25.8 Å². The third-order valence-electron chi connectivity index (χ3n) is 4.62. The van der Waals surface area contributed by atoms with Gasteiger partial charge in [0.15, 0.2) is 0 Å². The number of hydrogen-bond acceptors (Lipinski definition) is 4. The lowest BCUT2D eigenvalue weighted by Crippen LogP contribution is -2.55.